The normalized spacial score (nSPS) is 13.7. The maximum atomic E-state index is 13.5. The molecule has 1 aliphatic rings. The van der Waals surface area contributed by atoms with E-state index < -0.39 is 5.91 Å². The number of rotatable bonds is 11. The average Bonchev–Trinajstić information content (AvgIpc) is 3.60. The van der Waals surface area contributed by atoms with E-state index in [0.717, 1.165) is 36.5 Å². The molecule has 1 fully saturated rings. The van der Waals surface area contributed by atoms with Gasteiger partial charge in [0.25, 0.3) is 11.8 Å². The molecule has 1 aromatic heterocycles. The molecule has 4 aromatic rings. The number of ether oxygens (including phenoxy) is 1. The first-order valence-electron chi connectivity index (χ1n) is 14.2. The van der Waals surface area contributed by atoms with Crippen LogP contribution in [0.4, 0.5) is 4.39 Å². The summed E-state index contributed by atoms with van der Waals surface area (Å²) < 4.78 is 25.7. The van der Waals surface area contributed by atoms with Crippen LogP contribution >= 0.6 is 0 Å². The average molecular weight is 558 g/mol. The summed E-state index contributed by atoms with van der Waals surface area (Å²) in [5.41, 5.74) is 9.43. The standard InChI is InChI=1S/C33H36FN3O4/c1-21(2)20-36-33(39)24-8-12-28(40-16-15-37-13-3-4-14-37)25(19-24)17-22-5-11-29-27(18-22)30(32(35)38)31(41-29)23-6-9-26(34)10-7-23/h5-12,18-19,21H,3-4,13-17,20H2,1-2H3,(H2,35,38)(H,36,39). The number of fused-ring (bicyclic) bond motifs is 1. The molecule has 5 rings (SSSR count). The molecule has 0 radical (unpaired) electrons. The SMILES string of the molecule is CC(C)CNC(=O)c1ccc(OCCN2CCCC2)c(Cc2ccc3oc(-c4ccc(F)cc4)c(C(N)=O)c3c2)c1. The van der Waals surface area contributed by atoms with Crippen LogP contribution < -0.4 is 15.8 Å². The lowest BCUT2D eigenvalue weighted by molar-refractivity contribution is 0.0947. The summed E-state index contributed by atoms with van der Waals surface area (Å²) in [6.45, 7) is 8.29. The monoisotopic (exact) mass is 557 g/mol. The van der Waals surface area contributed by atoms with Gasteiger partial charge in [-0.1, -0.05) is 19.9 Å². The number of halogens is 1. The summed E-state index contributed by atoms with van der Waals surface area (Å²) in [5, 5.41) is 3.56. The highest BCUT2D eigenvalue weighted by molar-refractivity contribution is 6.10. The molecule has 41 heavy (non-hydrogen) atoms. The van der Waals surface area contributed by atoms with Gasteiger partial charge in [0.1, 0.15) is 29.5 Å². The zero-order chi connectivity index (χ0) is 28.9. The topological polar surface area (TPSA) is 97.8 Å². The Morgan fingerprint density at radius 3 is 2.51 bits per heavy atom. The Morgan fingerprint density at radius 2 is 1.80 bits per heavy atom. The largest absolute Gasteiger partial charge is 0.492 e. The predicted molar refractivity (Wildman–Crippen MR) is 158 cm³/mol. The Kier molecular flexibility index (Phi) is 8.69. The van der Waals surface area contributed by atoms with Gasteiger partial charge >= 0.3 is 0 Å². The van der Waals surface area contributed by atoms with Gasteiger partial charge in [0, 0.05) is 36.0 Å². The van der Waals surface area contributed by atoms with Gasteiger partial charge in [-0.2, -0.15) is 0 Å². The van der Waals surface area contributed by atoms with Gasteiger partial charge in [0.2, 0.25) is 0 Å². The van der Waals surface area contributed by atoms with Crippen molar-refractivity contribution in [2.24, 2.45) is 11.7 Å². The molecule has 3 aromatic carbocycles. The number of hydrogen-bond donors (Lipinski definition) is 2. The van der Waals surface area contributed by atoms with Crippen LogP contribution in [0, 0.1) is 11.7 Å². The van der Waals surface area contributed by atoms with E-state index in [1.54, 1.807) is 24.3 Å². The Balaban J connectivity index is 1.46. The Hall–Kier alpha value is -4.17. The molecule has 1 aliphatic heterocycles. The molecular weight excluding hydrogens is 521 g/mol. The van der Waals surface area contributed by atoms with Crippen LogP contribution in [-0.2, 0) is 6.42 Å². The van der Waals surface area contributed by atoms with Crippen LogP contribution in [0.15, 0.2) is 65.1 Å². The molecule has 7 nitrogen and oxygen atoms in total. The van der Waals surface area contributed by atoms with E-state index in [1.807, 2.05) is 24.3 Å². The van der Waals surface area contributed by atoms with Crippen molar-refractivity contribution in [3.05, 3.63) is 88.7 Å². The number of nitrogens with two attached hydrogens (primary N) is 1. The fourth-order valence-electron chi connectivity index (χ4n) is 5.21. The van der Waals surface area contributed by atoms with E-state index in [0.29, 0.717) is 53.3 Å². The fourth-order valence-corrected chi connectivity index (χ4v) is 5.21. The number of carbonyl (C=O) groups excluding carboxylic acids is 2. The zero-order valence-corrected chi connectivity index (χ0v) is 23.5. The van der Waals surface area contributed by atoms with E-state index in [4.69, 9.17) is 14.9 Å². The van der Waals surface area contributed by atoms with E-state index in [9.17, 15) is 14.0 Å². The van der Waals surface area contributed by atoms with Gasteiger partial charge in [-0.25, -0.2) is 4.39 Å². The minimum Gasteiger partial charge on any atom is -0.492 e. The zero-order valence-electron chi connectivity index (χ0n) is 23.5. The van der Waals surface area contributed by atoms with Crippen LogP contribution in [0.25, 0.3) is 22.3 Å². The first kappa shape index (κ1) is 28.4. The highest BCUT2D eigenvalue weighted by Crippen LogP contribution is 2.35. The van der Waals surface area contributed by atoms with Gasteiger partial charge < -0.3 is 20.2 Å². The number of benzene rings is 3. The van der Waals surface area contributed by atoms with Gasteiger partial charge in [-0.15, -0.1) is 0 Å². The summed E-state index contributed by atoms with van der Waals surface area (Å²) in [7, 11) is 0. The number of nitrogens with zero attached hydrogens (tertiary/aromatic N) is 1. The molecule has 0 bridgehead atoms. The minimum absolute atomic E-state index is 0.131. The van der Waals surface area contributed by atoms with Crippen molar-refractivity contribution in [3.63, 3.8) is 0 Å². The second-order valence-corrected chi connectivity index (χ2v) is 11.0. The number of nitrogens with one attached hydrogen (secondary N) is 1. The summed E-state index contributed by atoms with van der Waals surface area (Å²) >= 11 is 0. The quantitative estimate of drug-likeness (QED) is 0.243. The van der Waals surface area contributed by atoms with Crippen molar-refractivity contribution in [1.82, 2.24) is 10.2 Å². The van der Waals surface area contributed by atoms with E-state index >= 15 is 0 Å². The third-order valence-corrected chi connectivity index (χ3v) is 7.36. The first-order valence-corrected chi connectivity index (χ1v) is 14.2. The smallest absolute Gasteiger partial charge is 0.253 e. The molecule has 0 atom stereocenters. The number of furan rings is 1. The Morgan fingerprint density at radius 1 is 1.05 bits per heavy atom. The lowest BCUT2D eigenvalue weighted by atomic mass is 9.98. The van der Waals surface area contributed by atoms with Crippen molar-refractivity contribution in [1.29, 1.82) is 0 Å². The van der Waals surface area contributed by atoms with Crippen LogP contribution in [0.5, 0.6) is 5.75 Å². The van der Waals surface area contributed by atoms with Crippen LogP contribution in [0.1, 0.15) is 58.5 Å². The van der Waals surface area contributed by atoms with Crippen LogP contribution in [-0.4, -0.2) is 49.5 Å². The van der Waals surface area contributed by atoms with Crippen molar-refractivity contribution in [3.8, 4) is 17.1 Å². The molecule has 0 spiro atoms. The second kappa shape index (κ2) is 12.6. The molecule has 2 heterocycles. The van der Waals surface area contributed by atoms with Crippen LogP contribution in [0.3, 0.4) is 0 Å². The highest BCUT2D eigenvalue weighted by Gasteiger charge is 2.21. The summed E-state index contributed by atoms with van der Waals surface area (Å²) in [5.74, 6) is 0.223. The summed E-state index contributed by atoms with van der Waals surface area (Å²) in [6.07, 6.45) is 2.91. The molecule has 1 saturated heterocycles. The second-order valence-electron chi connectivity index (χ2n) is 11.0. The summed E-state index contributed by atoms with van der Waals surface area (Å²) in [4.78, 5) is 27.8. The fraction of sp³-hybridized carbons (Fsp3) is 0.333. The minimum atomic E-state index is -0.630. The molecule has 0 saturated carbocycles. The maximum Gasteiger partial charge on any atom is 0.253 e. The molecule has 2 amide bonds. The van der Waals surface area contributed by atoms with Gasteiger partial charge in [0.05, 0.1) is 5.56 Å². The van der Waals surface area contributed by atoms with Crippen molar-refractivity contribution in [2.75, 3.05) is 32.8 Å². The van der Waals surface area contributed by atoms with E-state index in [1.165, 1.54) is 25.0 Å². The van der Waals surface area contributed by atoms with Crippen molar-refractivity contribution in [2.45, 2.75) is 33.1 Å². The third-order valence-electron chi connectivity index (χ3n) is 7.36. The predicted octanol–water partition coefficient (Wildman–Crippen LogP) is 5.79. The third kappa shape index (κ3) is 6.77. The molecule has 3 N–H and O–H groups in total. The maximum absolute atomic E-state index is 13.5. The number of hydrogen-bond acceptors (Lipinski definition) is 5. The van der Waals surface area contributed by atoms with Gasteiger partial charge in [-0.05, 0) is 97.6 Å². The van der Waals surface area contributed by atoms with Gasteiger partial charge in [-0.3, -0.25) is 14.5 Å². The number of carbonyl (C=O) groups is 2. The molecule has 8 heteroatoms. The van der Waals surface area contributed by atoms with E-state index in [2.05, 4.69) is 24.1 Å². The van der Waals surface area contributed by atoms with E-state index in [-0.39, 0.29) is 17.3 Å². The lowest BCUT2D eigenvalue weighted by Gasteiger charge is -2.17. The number of primary amides is 1. The summed E-state index contributed by atoms with van der Waals surface area (Å²) in [6, 6.07) is 16.9. The molecular formula is C33H36FN3O4. The highest BCUT2D eigenvalue weighted by atomic mass is 19.1. The number of amides is 2. The van der Waals surface area contributed by atoms with Crippen molar-refractivity contribution < 1.29 is 23.1 Å². The van der Waals surface area contributed by atoms with Crippen LogP contribution in [0.2, 0.25) is 0 Å². The molecule has 214 valence electrons. The van der Waals surface area contributed by atoms with Gasteiger partial charge in [0.15, 0.2) is 0 Å². The number of likely N-dealkylation sites (tertiary alicyclic amines) is 1. The molecule has 0 unspecified atom stereocenters. The first-order chi connectivity index (χ1) is 19.8. The Labute approximate surface area is 239 Å². The molecule has 0 aliphatic carbocycles. The lowest BCUT2D eigenvalue weighted by Crippen LogP contribution is -2.27. The Bertz CT molecular complexity index is 1540. The van der Waals surface area contributed by atoms with Crippen molar-refractivity contribution >= 4 is 22.8 Å².